The maximum absolute atomic E-state index is 12.0. The first-order valence-corrected chi connectivity index (χ1v) is 7.78. The fourth-order valence-electron chi connectivity index (χ4n) is 2.28. The van der Waals surface area contributed by atoms with Crippen molar-refractivity contribution in [2.24, 2.45) is 5.73 Å². The van der Waals surface area contributed by atoms with Crippen molar-refractivity contribution in [1.29, 1.82) is 0 Å². The summed E-state index contributed by atoms with van der Waals surface area (Å²) in [5.74, 6) is -0.789. The summed E-state index contributed by atoms with van der Waals surface area (Å²) in [5.41, 5.74) is 5.91. The average Bonchev–Trinajstić information content (AvgIpc) is 2.66. The molecule has 8 heteroatoms. The number of esters is 1. The third kappa shape index (κ3) is 4.10. The lowest BCUT2D eigenvalue weighted by Crippen LogP contribution is -2.39. The van der Waals surface area contributed by atoms with E-state index in [0.717, 1.165) is 0 Å². The topological polar surface area (TPSA) is 117 Å². The monoisotopic (exact) mass is 356 g/mol. The van der Waals surface area contributed by atoms with Crippen LogP contribution in [0.5, 0.6) is 11.5 Å². The zero-order valence-electron chi connectivity index (χ0n) is 13.6. The highest BCUT2D eigenvalue weighted by Gasteiger charge is 2.29. The highest BCUT2D eigenvalue weighted by Crippen LogP contribution is 2.31. The van der Waals surface area contributed by atoms with Gasteiger partial charge in [-0.2, -0.15) is 0 Å². The predicted octanol–water partition coefficient (Wildman–Crippen LogP) is 1.11. The molecule has 0 fully saturated rings. The van der Waals surface area contributed by atoms with Crippen LogP contribution in [0.1, 0.15) is 10.4 Å². The van der Waals surface area contributed by atoms with E-state index in [9.17, 15) is 14.4 Å². The molecule has 1 aliphatic rings. The zero-order valence-corrected chi connectivity index (χ0v) is 13.6. The first kappa shape index (κ1) is 17.3. The molecule has 1 atom stereocenters. The molecule has 0 aromatic heterocycles. The molecule has 0 saturated carbocycles. The summed E-state index contributed by atoms with van der Waals surface area (Å²) in [6.07, 6.45) is -0.937. The summed E-state index contributed by atoms with van der Waals surface area (Å²) in [4.78, 5) is 34.9. The van der Waals surface area contributed by atoms with Crippen LogP contribution >= 0.6 is 0 Å². The second kappa shape index (κ2) is 7.56. The van der Waals surface area contributed by atoms with Crippen molar-refractivity contribution in [2.75, 3.05) is 18.5 Å². The van der Waals surface area contributed by atoms with Gasteiger partial charge in [0, 0.05) is 11.3 Å². The Morgan fingerprint density at radius 3 is 2.46 bits per heavy atom. The van der Waals surface area contributed by atoms with E-state index in [0.29, 0.717) is 22.7 Å². The molecule has 134 valence electrons. The van der Waals surface area contributed by atoms with Crippen molar-refractivity contribution in [1.82, 2.24) is 0 Å². The number of hydrogen-bond donors (Lipinski definition) is 2. The molecule has 0 spiro atoms. The smallest absolute Gasteiger partial charge is 0.351 e. The largest absolute Gasteiger partial charge is 0.485 e. The Hall–Kier alpha value is -3.55. The van der Waals surface area contributed by atoms with Crippen LogP contribution in [0.2, 0.25) is 0 Å². The van der Waals surface area contributed by atoms with Crippen molar-refractivity contribution in [3.05, 3.63) is 54.1 Å². The van der Waals surface area contributed by atoms with Gasteiger partial charge in [0.2, 0.25) is 12.0 Å². The van der Waals surface area contributed by atoms with Crippen LogP contribution in [0.25, 0.3) is 0 Å². The predicted molar refractivity (Wildman–Crippen MR) is 90.9 cm³/mol. The van der Waals surface area contributed by atoms with Gasteiger partial charge in [0.1, 0.15) is 6.61 Å². The molecule has 0 unspecified atom stereocenters. The summed E-state index contributed by atoms with van der Waals surface area (Å²) >= 11 is 0. The Kier molecular flexibility index (Phi) is 5.02. The van der Waals surface area contributed by atoms with Crippen LogP contribution in [0.3, 0.4) is 0 Å². The van der Waals surface area contributed by atoms with Gasteiger partial charge in [0.25, 0.3) is 5.91 Å². The minimum absolute atomic E-state index is 0.00600. The second-order valence-electron chi connectivity index (χ2n) is 5.46. The number of para-hydroxylation sites is 2. The number of anilines is 1. The normalized spacial score (nSPS) is 15.0. The number of nitrogens with two attached hydrogens (primary N) is 1. The summed E-state index contributed by atoms with van der Waals surface area (Å²) in [6.45, 7) is -0.468. The highest BCUT2D eigenvalue weighted by molar-refractivity contribution is 5.95. The SMILES string of the molecule is NC(=O)c1ccc(NC(=O)COC(=O)[C@H]2COc3ccccc3O2)cc1. The summed E-state index contributed by atoms with van der Waals surface area (Å²) in [7, 11) is 0. The Labute approximate surface area is 148 Å². The lowest BCUT2D eigenvalue weighted by molar-refractivity contribution is -0.156. The molecular weight excluding hydrogens is 340 g/mol. The molecule has 3 N–H and O–H groups in total. The van der Waals surface area contributed by atoms with Gasteiger partial charge in [-0.1, -0.05) is 12.1 Å². The van der Waals surface area contributed by atoms with Gasteiger partial charge in [-0.15, -0.1) is 0 Å². The van der Waals surface area contributed by atoms with Gasteiger partial charge < -0.3 is 25.3 Å². The molecule has 1 heterocycles. The van der Waals surface area contributed by atoms with E-state index in [1.165, 1.54) is 24.3 Å². The van der Waals surface area contributed by atoms with Gasteiger partial charge in [-0.05, 0) is 36.4 Å². The van der Waals surface area contributed by atoms with Gasteiger partial charge in [-0.25, -0.2) is 4.79 Å². The molecule has 2 amide bonds. The van der Waals surface area contributed by atoms with E-state index >= 15 is 0 Å². The maximum atomic E-state index is 12.0. The van der Waals surface area contributed by atoms with Gasteiger partial charge in [-0.3, -0.25) is 9.59 Å². The van der Waals surface area contributed by atoms with Gasteiger partial charge in [0.05, 0.1) is 0 Å². The van der Waals surface area contributed by atoms with Crippen LogP contribution in [0.15, 0.2) is 48.5 Å². The van der Waals surface area contributed by atoms with Crippen LogP contribution in [0.4, 0.5) is 5.69 Å². The summed E-state index contributed by atoms with van der Waals surface area (Å²) in [5, 5.41) is 2.54. The first-order valence-electron chi connectivity index (χ1n) is 7.78. The van der Waals surface area contributed by atoms with E-state index in [4.69, 9.17) is 19.9 Å². The average molecular weight is 356 g/mol. The molecule has 0 bridgehead atoms. The molecular formula is C18H16N2O6. The molecule has 2 aromatic rings. The van der Waals surface area contributed by atoms with Crippen LogP contribution in [-0.4, -0.2) is 37.1 Å². The Balaban J connectivity index is 1.48. The van der Waals surface area contributed by atoms with Crippen molar-refractivity contribution >= 4 is 23.5 Å². The Morgan fingerprint density at radius 1 is 1.08 bits per heavy atom. The minimum atomic E-state index is -0.937. The van der Waals surface area contributed by atoms with E-state index in [1.54, 1.807) is 24.3 Å². The first-order chi connectivity index (χ1) is 12.5. The molecule has 0 saturated heterocycles. The quantitative estimate of drug-likeness (QED) is 0.775. The highest BCUT2D eigenvalue weighted by atomic mass is 16.6. The van der Waals surface area contributed by atoms with Crippen molar-refractivity contribution in [3.63, 3.8) is 0 Å². The van der Waals surface area contributed by atoms with Gasteiger partial charge in [0.15, 0.2) is 18.1 Å². The van der Waals surface area contributed by atoms with Crippen molar-refractivity contribution < 1.29 is 28.6 Å². The summed E-state index contributed by atoms with van der Waals surface area (Å²) < 4.78 is 15.9. The zero-order chi connectivity index (χ0) is 18.5. The van der Waals surface area contributed by atoms with E-state index in [2.05, 4.69) is 5.32 Å². The number of ether oxygens (including phenoxy) is 3. The number of nitrogens with one attached hydrogen (secondary N) is 1. The number of fused-ring (bicyclic) bond motifs is 1. The lowest BCUT2D eigenvalue weighted by atomic mass is 10.2. The molecule has 26 heavy (non-hydrogen) atoms. The number of carbonyl (C=O) groups excluding carboxylic acids is 3. The standard InChI is InChI=1S/C18H16N2O6/c19-17(22)11-5-7-12(8-6-11)20-16(21)10-25-18(23)15-9-24-13-3-1-2-4-14(13)26-15/h1-8,15H,9-10H2,(H2,19,22)(H,20,21)/t15-/m1/s1. The number of primary amides is 1. The maximum Gasteiger partial charge on any atom is 0.351 e. The van der Waals surface area contributed by atoms with Crippen LogP contribution in [0, 0.1) is 0 Å². The third-order valence-electron chi connectivity index (χ3n) is 3.57. The molecule has 2 aromatic carbocycles. The Morgan fingerprint density at radius 2 is 1.77 bits per heavy atom. The fraction of sp³-hybridized carbons (Fsp3) is 0.167. The fourth-order valence-corrected chi connectivity index (χ4v) is 2.28. The van der Waals surface area contributed by atoms with Crippen molar-refractivity contribution in [2.45, 2.75) is 6.10 Å². The molecule has 0 radical (unpaired) electrons. The number of amides is 2. The molecule has 3 rings (SSSR count). The van der Waals surface area contributed by atoms with E-state index in [-0.39, 0.29) is 6.61 Å². The Bertz CT molecular complexity index is 834. The summed E-state index contributed by atoms with van der Waals surface area (Å²) in [6, 6.07) is 13.0. The minimum Gasteiger partial charge on any atom is -0.485 e. The van der Waals surface area contributed by atoms with E-state index < -0.39 is 30.5 Å². The number of hydrogen-bond acceptors (Lipinski definition) is 6. The van der Waals surface area contributed by atoms with Crippen molar-refractivity contribution in [3.8, 4) is 11.5 Å². The number of rotatable bonds is 5. The van der Waals surface area contributed by atoms with Crippen LogP contribution in [-0.2, 0) is 14.3 Å². The van der Waals surface area contributed by atoms with Crippen LogP contribution < -0.4 is 20.5 Å². The third-order valence-corrected chi connectivity index (χ3v) is 3.57. The number of carbonyl (C=O) groups is 3. The van der Waals surface area contributed by atoms with Gasteiger partial charge >= 0.3 is 5.97 Å². The lowest BCUT2D eigenvalue weighted by Gasteiger charge is -2.24. The van der Waals surface area contributed by atoms with E-state index in [1.807, 2.05) is 0 Å². The number of benzene rings is 2. The molecule has 0 aliphatic carbocycles. The molecule has 1 aliphatic heterocycles. The second-order valence-corrected chi connectivity index (χ2v) is 5.46. The molecule has 8 nitrogen and oxygen atoms in total.